The largest absolute Gasteiger partial charge is 0.497 e. The average molecular weight is 488 g/mol. The molecule has 0 radical (unpaired) electrons. The van der Waals surface area contributed by atoms with E-state index in [-0.39, 0.29) is 18.4 Å². The van der Waals surface area contributed by atoms with Crippen LogP contribution < -0.4 is 14.2 Å². The first-order chi connectivity index (χ1) is 16.6. The number of benzene rings is 2. The molecule has 1 atom stereocenters. The average Bonchev–Trinajstić information content (AvgIpc) is 2.81. The second-order valence-corrected chi connectivity index (χ2v) is 9.32. The minimum atomic E-state index is -0.983. The number of rotatable bonds is 13. The summed E-state index contributed by atoms with van der Waals surface area (Å²) in [6.07, 6.45) is -0.240. The summed E-state index contributed by atoms with van der Waals surface area (Å²) in [5.41, 5.74) is 0.896. The third kappa shape index (κ3) is 10.3. The van der Waals surface area contributed by atoms with E-state index in [1.807, 2.05) is 12.1 Å². The van der Waals surface area contributed by atoms with Crippen molar-refractivity contribution in [2.24, 2.45) is 5.41 Å². The zero-order valence-electron chi connectivity index (χ0n) is 21.3. The molecule has 2 aromatic rings. The van der Waals surface area contributed by atoms with Crippen LogP contribution in [0.25, 0.3) is 0 Å². The molecule has 0 heterocycles. The molecular formula is C27H37NO7. The molecule has 0 aliphatic carbocycles. The van der Waals surface area contributed by atoms with Gasteiger partial charge in [0.05, 0.1) is 13.7 Å². The Hall–Kier alpha value is -3.26. The Morgan fingerprint density at radius 1 is 1.00 bits per heavy atom. The third-order valence-corrected chi connectivity index (χ3v) is 5.25. The molecule has 8 nitrogen and oxygen atoms in total. The summed E-state index contributed by atoms with van der Waals surface area (Å²) in [6, 6.07) is 14.1. The van der Waals surface area contributed by atoms with E-state index in [4.69, 9.17) is 18.9 Å². The Bertz CT molecular complexity index is 937. The molecule has 2 rings (SSSR count). The minimum absolute atomic E-state index is 0.0560. The molecule has 0 saturated carbocycles. The molecule has 0 bridgehead atoms. The lowest BCUT2D eigenvalue weighted by Crippen LogP contribution is -2.38. The van der Waals surface area contributed by atoms with Crippen LogP contribution in [0.1, 0.15) is 39.7 Å². The van der Waals surface area contributed by atoms with Crippen LogP contribution in [-0.4, -0.2) is 61.6 Å². The van der Waals surface area contributed by atoms with Crippen molar-refractivity contribution in [2.75, 3.05) is 33.4 Å². The van der Waals surface area contributed by atoms with E-state index in [2.05, 4.69) is 20.8 Å². The van der Waals surface area contributed by atoms with Crippen LogP contribution in [0.2, 0.25) is 0 Å². The molecule has 1 unspecified atom stereocenters. The van der Waals surface area contributed by atoms with Gasteiger partial charge in [0.25, 0.3) is 0 Å². The summed E-state index contributed by atoms with van der Waals surface area (Å²) < 4.78 is 21.9. The Morgan fingerprint density at radius 2 is 1.69 bits per heavy atom. The molecule has 0 aromatic heterocycles. The predicted octanol–water partition coefficient (Wildman–Crippen LogP) is 5.04. The highest BCUT2D eigenvalue weighted by molar-refractivity contribution is 5.72. The number of carbonyl (C=O) groups is 2. The number of carboxylic acids is 1. The van der Waals surface area contributed by atoms with E-state index in [1.54, 1.807) is 55.3 Å². The van der Waals surface area contributed by atoms with Crippen molar-refractivity contribution >= 4 is 12.1 Å². The molecular weight excluding hydrogens is 450 g/mol. The van der Waals surface area contributed by atoms with Crippen molar-refractivity contribution in [3.05, 3.63) is 54.1 Å². The number of carbonyl (C=O) groups excluding carboxylic acids is 1. The maximum atomic E-state index is 12.9. The number of nitrogens with zero attached hydrogens (tertiary/aromatic N) is 1. The summed E-state index contributed by atoms with van der Waals surface area (Å²) in [5.74, 6) is 0.676. The monoisotopic (exact) mass is 487 g/mol. The minimum Gasteiger partial charge on any atom is -0.497 e. The van der Waals surface area contributed by atoms with Gasteiger partial charge in [0.2, 0.25) is 0 Å². The summed E-state index contributed by atoms with van der Waals surface area (Å²) >= 11 is 0. The fourth-order valence-corrected chi connectivity index (χ4v) is 3.22. The van der Waals surface area contributed by atoms with Crippen LogP contribution in [-0.2, 0) is 16.0 Å². The Kier molecular flexibility index (Phi) is 10.9. The highest BCUT2D eigenvalue weighted by Gasteiger charge is 2.20. The molecule has 1 N–H and O–H groups in total. The number of aliphatic carboxylic acids is 1. The fraction of sp³-hybridized carbons (Fsp3) is 0.481. The van der Waals surface area contributed by atoms with Crippen LogP contribution in [0.4, 0.5) is 4.79 Å². The Morgan fingerprint density at radius 3 is 2.29 bits per heavy atom. The molecule has 0 saturated heterocycles. The standard InChI is InChI=1S/C27H37NO7/c1-6-33-24(25(29)30)18-20-10-12-21(13-11-20)34-17-16-28(15-14-27(2,3)4)26(31)35-23-9-7-8-22(19-23)32-5/h7-13,19,24H,6,14-18H2,1-5H3,(H,29,30). The number of hydrogen-bond donors (Lipinski definition) is 1. The highest BCUT2D eigenvalue weighted by atomic mass is 16.6. The molecule has 0 aliphatic heterocycles. The highest BCUT2D eigenvalue weighted by Crippen LogP contribution is 2.22. The third-order valence-electron chi connectivity index (χ3n) is 5.25. The van der Waals surface area contributed by atoms with E-state index in [1.165, 1.54) is 0 Å². The quantitative estimate of drug-likeness (QED) is 0.423. The first-order valence-corrected chi connectivity index (χ1v) is 11.8. The van der Waals surface area contributed by atoms with Crippen molar-refractivity contribution in [2.45, 2.75) is 46.6 Å². The number of hydrogen-bond acceptors (Lipinski definition) is 6. The number of ether oxygens (including phenoxy) is 4. The number of carboxylic acid groups (broad SMARTS) is 1. The van der Waals surface area contributed by atoms with Crippen molar-refractivity contribution in [3.8, 4) is 17.2 Å². The van der Waals surface area contributed by atoms with Crippen LogP contribution >= 0.6 is 0 Å². The summed E-state index contributed by atoms with van der Waals surface area (Å²) in [6.45, 7) is 9.64. The van der Waals surface area contributed by atoms with E-state index in [9.17, 15) is 14.7 Å². The maximum absolute atomic E-state index is 12.9. The first-order valence-electron chi connectivity index (χ1n) is 11.8. The van der Waals surface area contributed by atoms with Crippen LogP contribution in [0.5, 0.6) is 17.2 Å². The van der Waals surface area contributed by atoms with E-state index >= 15 is 0 Å². The van der Waals surface area contributed by atoms with Gasteiger partial charge in [-0.3, -0.25) is 0 Å². The topological polar surface area (TPSA) is 94.5 Å². The molecule has 35 heavy (non-hydrogen) atoms. The van der Waals surface area contributed by atoms with Gasteiger partial charge in [-0.25, -0.2) is 9.59 Å². The Balaban J connectivity index is 1.96. The van der Waals surface area contributed by atoms with Gasteiger partial charge < -0.3 is 29.0 Å². The smallest absolute Gasteiger partial charge is 0.415 e. The second kappa shape index (κ2) is 13.6. The van der Waals surface area contributed by atoms with Crippen molar-refractivity contribution < 1.29 is 33.6 Å². The summed E-state index contributed by atoms with van der Waals surface area (Å²) in [5, 5.41) is 9.25. The van der Waals surface area contributed by atoms with Crippen molar-refractivity contribution in [1.29, 1.82) is 0 Å². The number of methoxy groups -OCH3 is 1. The molecule has 2 aromatic carbocycles. The van der Waals surface area contributed by atoms with E-state index < -0.39 is 18.2 Å². The molecule has 8 heteroatoms. The zero-order valence-corrected chi connectivity index (χ0v) is 21.3. The van der Waals surface area contributed by atoms with Gasteiger partial charge in [-0.15, -0.1) is 0 Å². The first kappa shape index (κ1) is 28.0. The second-order valence-electron chi connectivity index (χ2n) is 9.32. The number of amides is 1. The summed E-state index contributed by atoms with van der Waals surface area (Å²) in [7, 11) is 1.56. The predicted molar refractivity (Wildman–Crippen MR) is 133 cm³/mol. The van der Waals surface area contributed by atoms with Gasteiger partial charge in [-0.1, -0.05) is 39.0 Å². The normalized spacial score (nSPS) is 12.0. The maximum Gasteiger partial charge on any atom is 0.415 e. The van der Waals surface area contributed by atoms with Gasteiger partial charge in [-0.05, 0) is 48.6 Å². The van der Waals surface area contributed by atoms with Gasteiger partial charge in [0, 0.05) is 25.6 Å². The van der Waals surface area contributed by atoms with Crippen LogP contribution in [0, 0.1) is 5.41 Å². The van der Waals surface area contributed by atoms with Gasteiger partial charge in [0.1, 0.15) is 23.9 Å². The molecule has 0 aliphatic rings. The molecule has 192 valence electrons. The van der Waals surface area contributed by atoms with Gasteiger partial charge in [-0.2, -0.15) is 0 Å². The lowest BCUT2D eigenvalue weighted by Gasteiger charge is -2.26. The van der Waals surface area contributed by atoms with Crippen LogP contribution in [0.3, 0.4) is 0 Å². The summed E-state index contributed by atoms with van der Waals surface area (Å²) in [4.78, 5) is 25.8. The van der Waals surface area contributed by atoms with Gasteiger partial charge >= 0.3 is 12.1 Å². The zero-order chi connectivity index (χ0) is 25.8. The molecule has 1 amide bonds. The molecule has 0 fully saturated rings. The van der Waals surface area contributed by atoms with E-state index in [0.29, 0.717) is 36.9 Å². The van der Waals surface area contributed by atoms with E-state index in [0.717, 1.165) is 12.0 Å². The lowest BCUT2D eigenvalue weighted by molar-refractivity contribution is -0.149. The van der Waals surface area contributed by atoms with Gasteiger partial charge in [0.15, 0.2) is 6.10 Å². The van der Waals surface area contributed by atoms with Crippen molar-refractivity contribution in [1.82, 2.24) is 4.90 Å². The lowest BCUT2D eigenvalue weighted by atomic mass is 9.92. The SMILES string of the molecule is CCOC(Cc1ccc(OCCN(CCC(C)(C)C)C(=O)Oc2cccc(OC)c2)cc1)C(=O)O. The Labute approximate surface area is 207 Å². The van der Waals surface area contributed by atoms with Crippen LogP contribution in [0.15, 0.2) is 48.5 Å². The van der Waals surface area contributed by atoms with Crippen molar-refractivity contribution in [3.63, 3.8) is 0 Å². The molecule has 0 spiro atoms. The fourth-order valence-electron chi connectivity index (χ4n) is 3.22.